The molecule has 4 heterocycles. The second-order valence-corrected chi connectivity index (χ2v) is 10.1. The zero-order chi connectivity index (χ0) is 20.8. The number of hydrazone groups is 1. The third-order valence-corrected chi connectivity index (χ3v) is 6.92. The van der Waals surface area contributed by atoms with Crippen LogP contribution in [0.3, 0.4) is 0 Å². The minimum atomic E-state index is -0.639. The van der Waals surface area contributed by atoms with E-state index in [0.717, 1.165) is 20.4 Å². The summed E-state index contributed by atoms with van der Waals surface area (Å²) < 4.78 is 0. The van der Waals surface area contributed by atoms with Gasteiger partial charge in [-0.2, -0.15) is 5.10 Å². The maximum absolute atomic E-state index is 13.1. The summed E-state index contributed by atoms with van der Waals surface area (Å²) in [5.74, 6) is -0.738. The number of amides is 4. The Morgan fingerprint density at radius 1 is 1.21 bits per heavy atom. The van der Waals surface area contributed by atoms with Crippen molar-refractivity contribution in [1.29, 1.82) is 0 Å². The normalized spacial score (nSPS) is 22.2. The summed E-state index contributed by atoms with van der Waals surface area (Å²) in [6, 6.07) is 6.46. The molecule has 29 heavy (non-hydrogen) atoms. The zero-order valence-corrected chi connectivity index (χ0v) is 18.0. The maximum atomic E-state index is 13.1. The first-order valence-corrected chi connectivity index (χ1v) is 11.1. The molecule has 0 aromatic carbocycles. The molecular formula is C20H22N4O3S2. The smallest absolute Gasteiger partial charge is 0.325 e. The first-order valence-electron chi connectivity index (χ1n) is 9.34. The number of imide groups is 1. The van der Waals surface area contributed by atoms with Crippen LogP contribution >= 0.6 is 22.7 Å². The van der Waals surface area contributed by atoms with Gasteiger partial charge in [0.2, 0.25) is 0 Å². The van der Waals surface area contributed by atoms with Crippen molar-refractivity contribution in [3.63, 3.8) is 0 Å². The lowest BCUT2D eigenvalue weighted by atomic mass is 9.87. The molecule has 1 saturated heterocycles. The van der Waals surface area contributed by atoms with Gasteiger partial charge in [0.15, 0.2) is 0 Å². The molecule has 2 aromatic rings. The zero-order valence-electron chi connectivity index (χ0n) is 16.4. The monoisotopic (exact) mass is 430 g/mol. The van der Waals surface area contributed by atoms with Crippen LogP contribution in [0.4, 0.5) is 4.79 Å². The number of carbonyl (C=O) groups is 3. The van der Waals surface area contributed by atoms with E-state index in [0.29, 0.717) is 6.42 Å². The van der Waals surface area contributed by atoms with E-state index in [-0.39, 0.29) is 24.4 Å². The Kier molecular flexibility index (Phi) is 5.04. The third-order valence-electron chi connectivity index (χ3n) is 5.03. The van der Waals surface area contributed by atoms with E-state index < -0.39 is 17.5 Å². The van der Waals surface area contributed by atoms with Crippen LogP contribution in [0, 0.1) is 5.41 Å². The van der Waals surface area contributed by atoms with Crippen LogP contribution in [-0.4, -0.2) is 46.1 Å². The Morgan fingerprint density at radius 2 is 1.93 bits per heavy atom. The molecule has 2 aromatic heterocycles. The lowest BCUT2D eigenvalue weighted by Crippen LogP contribution is -2.43. The highest BCUT2D eigenvalue weighted by Crippen LogP contribution is 2.36. The highest BCUT2D eigenvalue weighted by atomic mass is 32.1. The topological polar surface area (TPSA) is 82.1 Å². The fraction of sp³-hybridized carbons (Fsp3) is 0.400. The van der Waals surface area contributed by atoms with Crippen molar-refractivity contribution in [2.24, 2.45) is 10.5 Å². The van der Waals surface area contributed by atoms with Crippen molar-refractivity contribution in [3.8, 4) is 0 Å². The van der Waals surface area contributed by atoms with E-state index in [9.17, 15) is 14.4 Å². The summed E-state index contributed by atoms with van der Waals surface area (Å²) in [4.78, 5) is 41.2. The van der Waals surface area contributed by atoms with Gasteiger partial charge >= 0.3 is 6.03 Å². The molecule has 7 nitrogen and oxygen atoms in total. The maximum Gasteiger partial charge on any atom is 0.325 e. The number of rotatable bonds is 4. The third kappa shape index (κ3) is 3.72. The summed E-state index contributed by atoms with van der Waals surface area (Å²) in [6.45, 7) is 5.32. The first kappa shape index (κ1) is 19.8. The van der Waals surface area contributed by atoms with Gasteiger partial charge in [-0.05, 0) is 28.3 Å². The van der Waals surface area contributed by atoms with E-state index in [2.05, 4.69) is 10.4 Å². The predicted octanol–water partition coefficient (Wildman–Crippen LogP) is 3.45. The number of nitrogens with one attached hydrogen (secondary N) is 1. The van der Waals surface area contributed by atoms with Gasteiger partial charge in [0.05, 0.1) is 16.6 Å². The first-order chi connectivity index (χ1) is 13.8. The van der Waals surface area contributed by atoms with Crippen LogP contribution in [0.1, 0.15) is 43.0 Å². The van der Waals surface area contributed by atoms with Crippen LogP contribution in [0.5, 0.6) is 0 Å². The largest absolute Gasteiger partial charge is 0.325 e. The quantitative estimate of drug-likeness (QED) is 0.754. The molecule has 0 bridgehead atoms. The lowest BCUT2D eigenvalue weighted by molar-refractivity contribution is -0.139. The lowest BCUT2D eigenvalue weighted by Gasteiger charge is -2.25. The van der Waals surface area contributed by atoms with E-state index in [1.54, 1.807) is 22.7 Å². The molecule has 2 atom stereocenters. The van der Waals surface area contributed by atoms with Crippen LogP contribution in [0.15, 0.2) is 40.1 Å². The molecule has 0 spiro atoms. The van der Waals surface area contributed by atoms with Gasteiger partial charge in [-0.3, -0.25) is 14.5 Å². The minimum Gasteiger partial charge on any atom is -0.325 e. The van der Waals surface area contributed by atoms with Gasteiger partial charge in [-0.1, -0.05) is 32.9 Å². The van der Waals surface area contributed by atoms with Crippen LogP contribution in [0.2, 0.25) is 0 Å². The average Bonchev–Trinajstić information content (AvgIpc) is 3.42. The molecule has 2 unspecified atom stereocenters. The second-order valence-electron chi connectivity index (χ2n) is 8.17. The Bertz CT molecular complexity index is 961. The van der Waals surface area contributed by atoms with Gasteiger partial charge in [0, 0.05) is 11.3 Å². The highest BCUT2D eigenvalue weighted by molar-refractivity contribution is 7.12. The fourth-order valence-corrected chi connectivity index (χ4v) is 5.03. The fourth-order valence-electron chi connectivity index (χ4n) is 3.50. The Hall–Kier alpha value is -2.52. The van der Waals surface area contributed by atoms with E-state index >= 15 is 0 Å². The summed E-state index contributed by atoms with van der Waals surface area (Å²) >= 11 is 3.14. The summed E-state index contributed by atoms with van der Waals surface area (Å²) in [7, 11) is 0. The number of carbonyl (C=O) groups excluding carboxylic acids is 3. The standard InChI is InChI=1S/C20H22N4O3S2/c1-20(2,3)17-18(26)23(19(27)21-17)11-16(25)24-13(15-7-5-9-29-15)10-12(22-24)14-6-4-8-28-14/h4-9,13,17H,10-11H2,1-3H3,(H,21,27). The molecule has 0 aliphatic carbocycles. The Labute approximate surface area is 177 Å². The molecule has 0 saturated carbocycles. The molecule has 0 radical (unpaired) electrons. The van der Waals surface area contributed by atoms with E-state index in [1.807, 2.05) is 55.8 Å². The summed E-state index contributed by atoms with van der Waals surface area (Å²) in [5, 5.41) is 12.6. The molecule has 1 fully saturated rings. The number of thiophene rings is 2. The SMILES string of the molecule is CC(C)(C)C1NC(=O)N(CC(=O)N2N=C(c3cccs3)CC2c2cccs2)C1=O. The average molecular weight is 431 g/mol. The van der Waals surface area contributed by atoms with Gasteiger partial charge in [0.1, 0.15) is 12.6 Å². The van der Waals surface area contributed by atoms with E-state index in [4.69, 9.17) is 0 Å². The molecule has 1 N–H and O–H groups in total. The van der Waals surface area contributed by atoms with Crippen molar-refractivity contribution in [1.82, 2.24) is 15.2 Å². The number of hydrogen-bond donors (Lipinski definition) is 1. The number of hydrogen-bond acceptors (Lipinski definition) is 6. The predicted molar refractivity (Wildman–Crippen MR) is 113 cm³/mol. The van der Waals surface area contributed by atoms with Gasteiger partial charge in [-0.15, -0.1) is 22.7 Å². The Balaban J connectivity index is 1.57. The summed E-state index contributed by atoms with van der Waals surface area (Å²) in [6.07, 6.45) is 0.609. The summed E-state index contributed by atoms with van der Waals surface area (Å²) in [5.41, 5.74) is 0.416. The van der Waals surface area contributed by atoms with Crippen molar-refractivity contribution in [3.05, 3.63) is 44.8 Å². The molecule has 4 amide bonds. The Morgan fingerprint density at radius 3 is 2.52 bits per heavy atom. The molecule has 4 rings (SSSR count). The minimum absolute atomic E-state index is 0.223. The number of nitrogens with zero attached hydrogens (tertiary/aromatic N) is 3. The van der Waals surface area contributed by atoms with Gasteiger partial charge < -0.3 is 5.32 Å². The van der Waals surface area contributed by atoms with Gasteiger partial charge in [-0.25, -0.2) is 9.80 Å². The van der Waals surface area contributed by atoms with Crippen LogP contribution in [0.25, 0.3) is 0 Å². The highest BCUT2D eigenvalue weighted by Gasteiger charge is 2.46. The van der Waals surface area contributed by atoms with E-state index in [1.165, 1.54) is 5.01 Å². The molecule has 2 aliphatic heterocycles. The number of urea groups is 1. The second kappa shape index (κ2) is 7.38. The van der Waals surface area contributed by atoms with Gasteiger partial charge in [0.25, 0.3) is 11.8 Å². The molecule has 9 heteroatoms. The molecule has 152 valence electrons. The van der Waals surface area contributed by atoms with Crippen molar-refractivity contribution < 1.29 is 14.4 Å². The van der Waals surface area contributed by atoms with Crippen LogP contribution in [-0.2, 0) is 9.59 Å². The van der Waals surface area contributed by atoms with Crippen molar-refractivity contribution in [2.75, 3.05) is 6.54 Å². The molecular weight excluding hydrogens is 408 g/mol. The molecule has 2 aliphatic rings. The van der Waals surface area contributed by atoms with Crippen LogP contribution < -0.4 is 5.32 Å². The van der Waals surface area contributed by atoms with Crippen molar-refractivity contribution >= 4 is 46.2 Å². The van der Waals surface area contributed by atoms with Crippen molar-refractivity contribution in [2.45, 2.75) is 39.3 Å².